The normalized spacial score (nSPS) is 44.6. The molecule has 1 fully saturated rings. The standard InChI is InChI=1S/C5H11NO.ClH/c1-5(7)2-4(6)3-5;/h4,7H,2-3,6H2,1H3;1H. The minimum Gasteiger partial charge on any atom is -0.390 e. The molecule has 3 heteroatoms. The Hall–Kier alpha value is 0.210. The van der Waals surface area contributed by atoms with Crippen LogP contribution in [0, 0.1) is 0 Å². The van der Waals surface area contributed by atoms with Gasteiger partial charge in [0.2, 0.25) is 0 Å². The fourth-order valence-electron chi connectivity index (χ4n) is 1.07. The second-order valence-electron chi connectivity index (χ2n) is 2.67. The average molecular weight is 138 g/mol. The first-order chi connectivity index (χ1) is 3.10. The summed E-state index contributed by atoms with van der Waals surface area (Å²) in [6, 6.07) is 0.259. The molecular weight excluding hydrogens is 126 g/mol. The molecule has 2 nitrogen and oxygen atoms in total. The van der Waals surface area contributed by atoms with Gasteiger partial charge in [0.15, 0.2) is 0 Å². The highest BCUT2D eigenvalue weighted by molar-refractivity contribution is 5.85. The molecule has 1 saturated carbocycles. The first-order valence-electron chi connectivity index (χ1n) is 2.58. The molecule has 0 aliphatic heterocycles. The van der Waals surface area contributed by atoms with Crippen molar-refractivity contribution in [1.29, 1.82) is 0 Å². The molecule has 0 spiro atoms. The van der Waals surface area contributed by atoms with Crippen LogP contribution in [0.5, 0.6) is 0 Å². The van der Waals surface area contributed by atoms with E-state index in [4.69, 9.17) is 10.8 Å². The van der Waals surface area contributed by atoms with Crippen molar-refractivity contribution in [3.63, 3.8) is 0 Å². The molecule has 0 heterocycles. The average Bonchev–Trinajstić information content (AvgIpc) is 1.27. The Balaban J connectivity index is 0.000000490. The molecule has 1 aliphatic rings. The molecule has 0 radical (unpaired) electrons. The summed E-state index contributed by atoms with van der Waals surface area (Å²) in [5.41, 5.74) is 4.96. The minimum absolute atomic E-state index is 0. The third-order valence-electron chi connectivity index (χ3n) is 1.40. The van der Waals surface area contributed by atoms with E-state index < -0.39 is 5.60 Å². The topological polar surface area (TPSA) is 46.2 Å². The zero-order valence-corrected chi connectivity index (χ0v) is 5.74. The van der Waals surface area contributed by atoms with Crippen LogP contribution in [0.3, 0.4) is 0 Å². The molecule has 1 aliphatic carbocycles. The highest BCUT2D eigenvalue weighted by Gasteiger charge is 2.35. The molecule has 0 unspecified atom stereocenters. The van der Waals surface area contributed by atoms with Gasteiger partial charge in [-0.1, -0.05) is 0 Å². The molecule has 1 rings (SSSR count). The molecule has 0 aromatic heterocycles. The van der Waals surface area contributed by atoms with Crippen molar-refractivity contribution in [2.24, 2.45) is 5.73 Å². The second-order valence-corrected chi connectivity index (χ2v) is 2.67. The molecule has 0 bridgehead atoms. The Labute approximate surface area is 55.5 Å². The predicted octanol–water partition coefficient (Wildman–Crippen LogP) is 0.280. The van der Waals surface area contributed by atoms with Gasteiger partial charge in [0, 0.05) is 6.04 Å². The van der Waals surface area contributed by atoms with E-state index >= 15 is 0 Å². The Morgan fingerprint density at radius 2 is 2.00 bits per heavy atom. The molecule has 50 valence electrons. The lowest BCUT2D eigenvalue weighted by atomic mass is 9.78. The number of hydrogen-bond acceptors (Lipinski definition) is 2. The van der Waals surface area contributed by atoms with Gasteiger partial charge >= 0.3 is 0 Å². The van der Waals surface area contributed by atoms with Crippen LogP contribution in [-0.2, 0) is 0 Å². The first kappa shape index (κ1) is 8.21. The van der Waals surface area contributed by atoms with Gasteiger partial charge in [-0.15, -0.1) is 12.4 Å². The van der Waals surface area contributed by atoms with Gasteiger partial charge in [0.1, 0.15) is 0 Å². The van der Waals surface area contributed by atoms with E-state index in [0.717, 1.165) is 12.8 Å². The number of nitrogens with two attached hydrogens (primary N) is 1. The maximum atomic E-state index is 9.00. The van der Waals surface area contributed by atoms with E-state index in [2.05, 4.69) is 0 Å². The monoisotopic (exact) mass is 137 g/mol. The number of rotatable bonds is 0. The maximum Gasteiger partial charge on any atom is 0.0649 e. The molecule has 0 atom stereocenters. The Kier molecular flexibility index (Phi) is 2.27. The molecule has 0 saturated heterocycles. The fraction of sp³-hybridized carbons (Fsp3) is 1.00. The summed E-state index contributed by atoms with van der Waals surface area (Å²) >= 11 is 0. The lowest BCUT2D eigenvalue weighted by Crippen LogP contribution is -2.49. The van der Waals surface area contributed by atoms with Crippen LogP contribution in [0.1, 0.15) is 19.8 Å². The molecule has 0 aromatic rings. The van der Waals surface area contributed by atoms with Gasteiger partial charge in [-0.3, -0.25) is 0 Å². The molecular formula is C5H12ClNO. The summed E-state index contributed by atoms with van der Waals surface area (Å²) in [5, 5.41) is 9.00. The van der Waals surface area contributed by atoms with Crippen LogP contribution < -0.4 is 5.73 Å². The van der Waals surface area contributed by atoms with Gasteiger partial charge < -0.3 is 10.8 Å². The Morgan fingerprint density at radius 1 is 1.62 bits per heavy atom. The molecule has 8 heavy (non-hydrogen) atoms. The number of aliphatic hydroxyl groups is 1. The summed E-state index contributed by atoms with van der Waals surface area (Å²) < 4.78 is 0. The van der Waals surface area contributed by atoms with E-state index in [1.165, 1.54) is 0 Å². The summed E-state index contributed by atoms with van der Waals surface area (Å²) in [6.45, 7) is 1.82. The van der Waals surface area contributed by atoms with Crippen molar-refractivity contribution >= 4 is 12.4 Å². The lowest BCUT2D eigenvalue weighted by molar-refractivity contribution is -0.0286. The van der Waals surface area contributed by atoms with Crippen LogP contribution >= 0.6 is 12.4 Å². The van der Waals surface area contributed by atoms with Crippen LogP contribution in [-0.4, -0.2) is 16.7 Å². The van der Waals surface area contributed by atoms with Gasteiger partial charge in [-0.25, -0.2) is 0 Å². The van der Waals surface area contributed by atoms with Crippen molar-refractivity contribution in [3.8, 4) is 0 Å². The van der Waals surface area contributed by atoms with Gasteiger partial charge in [0.25, 0.3) is 0 Å². The minimum atomic E-state index is -0.431. The van der Waals surface area contributed by atoms with E-state index in [1.54, 1.807) is 0 Å². The summed E-state index contributed by atoms with van der Waals surface area (Å²) in [7, 11) is 0. The van der Waals surface area contributed by atoms with E-state index in [-0.39, 0.29) is 18.4 Å². The SMILES string of the molecule is CC1(O)CC(N)C1.Cl. The zero-order valence-electron chi connectivity index (χ0n) is 4.92. The summed E-state index contributed by atoms with van der Waals surface area (Å²) in [6.07, 6.45) is 1.54. The summed E-state index contributed by atoms with van der Waals surface area (Å²) in [4.78, 5) is 0. The molecule has 0 aromatic carbocycles. The second kappa shape index (κ2) is 2.21. The maximum absolute atomic E-state index is 9.00. The van der Waals surface area contributed by atoms with Crippen LogP contribution in [0.25, 0.3) is 0 Å². The van der Waals surface area contributed by atoms with Crippen LogP contribution in [0.4, 0.5) is 0 Å². The predicted molar refractivity (Wildman–Crippen MR) is 35.1 cm³/mol. The first-order valence-corrected chi connectivity index (χ1v) is 2.58. The van der Waals surface area contributed by atoms with Gasteiger partial charge in [-0.05, 0) is 19.8 Å². The third-order valence-corrected chi connectivity index (χ3v) is 1.40. The highest BCUT2D eigenvalue weighted by atomic mass is 35.5. The van der Waals surface area contributed by atoms with E-state index in [9.17, 15) is 0 Å². The van der Waals surface area contributed by atoms with Crippen molar-refractivity contribution in [3.05, 3.63) is 0 Å². The lowest BCUT2D eigenvalue weighted by Gasteiger charge is -2.38. The molecule has 0 amide bonds. The fourth-order valence-corrected chi connectivity index (χ4v) is 1.07. The Bertz CT molecular complexity index is 76.5. The van der Waals surface area contributed by atoms with Crippen molar-refractivity contribution in [2.75, 3.05) is 0 Å². The van der Waals surface area contributed by atoms with Crippen LogP contribution in [0.15, 0.2) is 0 Å². The van der Waals surface area contributed by atoms with Crippen molar-refractivity contribution < 1.29 is 5.11 Å². The smallest absolute Gasteiger partial charge is 0.0649 e. The van der Waals surface area contributed by atoms with E-state index in [1.807, 2.05) is 6.92 Å². The van der Waals surface area contributed by atoms with Crippen molar-refractivity contribution in [2.45, 2.75) is 31.4 Å². The van der Waals surface area contributed by atoms with Gasteiger partial charge in [0.05, 0.1) is 5.60 Å². The molecule has 3 N–H and O–H groups in total. The van der Waals surface area contributed by atoms with E-state index in [0.29, 0.717) is 0 Å². The summed E-state index contributed by atoms with van der Waals surface area (Å²) in [5.74, 6) is 0. The number of halogens is 1. The van der Waals surface area contributed by atoms with Crippen molar-refractivity contribution in [1.82, 2.24) is 0 Å². The quantitative estimate of drug-likeness (QED) is 0.504. The zero-order chi connectivity index (χ0) is 5.49. The Morgan fingerprint density at radius 3 is 2.00 bits per heavy atom. The third kappa shape index (κ3) is 1.62. The largest absolute Gasteiger partial charge is 0.390 e. The van der Waals surface area contributed by atoms with Crippen LogP contribution in [0.2, 0.25) is 0 Å². The van der Waals surface area contributed by atoms with Gasteiger partial charge in [-0.2, -0.15) is 0 Å². The number of hydrogen-bond donors (Lipinski definition) is 2. The highest BCUT2D eigenvalue weighted by Crippen LogP contribution is 2.29.